The van der Waals surface area contributed by atoms with Crippen LogP contribution in [0, 0.1) is 5.92 Å². The van der Waals surface area contributed by atoms with E-state index in [-0.39, 0.29) is 11.9 Å². The molecule has 3 unspecified atom stereocenters. The Morgan fingerprint density at radius 2 is 2.12 bits per heavy atom. The van der Waals surface area contributed by atoms with Crippen molar-refractivity contribution in [2.75, 3.05) is 6.54 Å². The zero-order valence-corrected chi connectivity index (χ0v) is 11.0. The normalized spacial score (nSPS) is 34.3. The fourth-order valence-corrected chi connectivity index (χ4v) is 3.17. The van der Waals surface area contributed by atoms with E-state index in [0.29, 0.717) is 6.04 Å². The molecular formula is C14H26N2O. The lowest BCUT2D eigenvalue weighted by Gasteiger charge is -2.31. The first-order chi connectivity index (χ1) is 8.29. The number of hydrogen-bond donors (Lipinski definition) is 2. The molecule has 98 valence electrons. The van der Waals surface area contributed by atoms with Crippen molar-refractivity contribution in [2.45, 2.75) is 70.4 Å². The van der Waals surface area contributed by atoms with Gasteiger partial charge >= 0.3 is 0 Å². The van der Waals surface area contributed by atoms with Crippen LogP contribution in [-0.4, -0.2) is 24.5 Å². The van der Waals surface area contributed by atoms with Gasteiger partial charge in [0.05, 0.1) is 6.04 Å². The maximum absolute atomic E-state index is 12.1. The summed E-state index contributed by atoms with van der Waals surface area (Å²) in [7, 11) is 0. The van der Waals surface area contributed by atoms with Crippen molar-refractivity contribution in [2.24, 2.45) is 5.92 Å². The van der Waals surface area contributed by atoms with Gasteiger partial charge < -0.3 is 10.6 Å². The van der Waals surface area contributed by atoms with Crippen LogP contribution in [0.15, 0.2) is 0 Å². The third kappa shape index (κ3) is 3.70. The molecule has 2 N–H and O–H groups in total. The number of rotatable bonds is 3. The molecule has 1 aliphatic heterocycles. The smallest absolute Gasteiger partial charge is 0.237 e. The van der Waals surface area contributed by atoms with Gasteiger partial charge in [-0.1, -0.05) is 32.6 Å². The molecule has 0 aromatic heterocycles. The van der Waals surface area contributed by atoms with Gasteiger partial charge in [0, 0.05) is 6.04 Å². The van der Waals surface area contributed by atoms with E-state index in [1.54, 1.807) is 0 Å². The number of piperidine rings is 1. The van der Waals surface area contributed by atoms with E-state index in [1.807, 2.05) is 0 Å². The summed E-state index contributed by atoms with van der Waals surface area (Å²) in [6.07, 6.45) is 9.66. The minimum absolute atomic E-state index is 0.0748. The van der Waals surface area contributed by atoms with E-state index in [0.717, 1.165) is 18.9 Å². The molecule has 0 aromatic rings. The second-order valence-electron chi connectivity index (χ2n) is 5.65. The standard InChI is InChI=1S/C14H26N2O/c1-2-11-6-5-7-12(10-11)16-14(17)13-8-3-4-9-15-13/h11-13,15H,2-10H2,1H3,(H,16,17). The van der Waals surface area contributed by atoms with E-state index >= 15 is 0 Å². The van der Waals surface area contributed by atoms with Crippen molar-refractivity contribution in [3.05, 3.63) is 0 Å². The van der Waals surface area contributed by atoms with E-state index < -0.39 is 0 Å². The molecule has 0 bridgehead atoms. The summed E-state index contributed by atoms with van der Waals surface area (Å²) < 4.78 is 0. The molecule has 2 fully saturated rings. The monoisotopic (exact) mass is 238 g/mol. The fraction of sp³-hybridized carbons (Fsp3) is 0.929. The highest BCUT2D eigenvalue weighted by molar-refractivity contribution is 5.82. The summed E-state index contributed by atoms with van der Waals surface area (Å²) in [4.78, 5) is 12.1. The highest BCUT2D eigenvalue weighted by Crippen LogP contribution is 2.26. The van der Waals surface area contributed by atoms with Gasteiger partial charge in [0.2, 0.25) is 5.91 Å². The van der Waals surface area contributed by atoms with E-state index in [2.05, 4.69) is 17.6 Å². The van der Waals surface area contributed by atoms with Crippen LogP contribution in [0.1, 0.15) is 58.3 Å². The molecule has 0 radical (unpaired) electrons. The van der Waals surface area contributed by atoms with Crippen LogP contribution in [0.2, 0.25) is 0 Å². The van der Waals surface area contributed by atoms with Gasteiger partial charge in [0.25, 0.3) is 0 Å². The predicted molar refractivity (Wildman–Crippen MR) is 69.8 cm³/mol. The molecule has 3 nitrogen and oxygen atoms in total. The van der Waals surface area contributed by atoms with Gasteiger partial charge in [0.1, 0.15) is 0 Å². The Bertz CT molecular complexity index is 249. The molecule has 1 saturated heterocycles. The molecule has 3 atom stereocenters. The van der Waals surface area contributed by atoms with Gasteiger partial charge in [-0.05, 0) is 38.1 Å². The number of hydrogen-bond acceptors (Lipinski definition) is 2. The van der Waals surface area contributed by atoms with Crippen molar-refractivity contribution in [3.8, 4) is 0 Å². The summed E-state index contributed by atoms with van der Waals surface area (Å²) in [6, 6.07) is 0.510. The third-order valence-corrected chi connectivity index (χ3v) is 4.33. The molecule has 1 aliphatic carbocycles. The number of carbonyl (C=O) groups excluding carboxylic acids is 1. The molecule has 3 heteroatoms. The molecule has 2 aliphatic rings. The summed E-state index contributed by atoms with van der Waals surface area (Å²) >= 11 is 0. The molecule has 2 rings (SSSR count). The van der Waals surface area contributed by atoms with Gasteiger partial charge in [0.15, 0.2) is 0 Å². The van der Waals surface area contributed by atoms with Crippen LogP contribution in [-0.2, 0) is 4.79 Å². The first-order valence-electron chi connectivity index (χ1n) is 7.33. The Morgan fingerprint density at radius 3 is 2.82 bits per heavy atom. The Hall–Kier alpha value is -0.570. The van der Waals surface area contributed by atoms with Crippen LogP contribution >= 0.6 is 0 Å². The lowest BCUT2D eigenvalue weighted by Crippen LogP contribution is -2.50. The molecule has 1 heterocycles. The quantitative estimate of drug-likeness (QED) is 0.791. The minimum atomic E-state index is 0.0748. The van der Waals surface area contributed by atoms with Crippen molar-refractivity contribution in [1.29, 1.82) is 0 Å². The average Bonchev–Trinajstić information content (AvgIpc) is 2.40. The van der Waals surface area contributed by atoms with Crippen LogP contribution in [0.5, 0.6) is 0 Å². The Kier molecular flexibility index (Phi) is 4.84. The molecule has 0 aromatic carbocycles. The van der Waals surface area contributed by atoms with Gasteiger partial charge in [-0.2, -0.15) is 0 Å². The third-order valence-electron chi connectivity index (χ3n) is 4.33. The summed E-state index contributed by atoms with van der Waals surface area (Å²) in [5.41, 5.74) is 0. The zero-order valence-electron chi connectivity index (χ0n) is 11.0. The van der Waals surface area contributed by atoms with Gasteiger partial charge in [-0.25, -0.2) is 0 Å². The predicted octanol–water partition coefficient (Wildman–Crippen LogP) is 2.21. The first kappa shape index (κ1) is 12.9. The number of amides is 1. The van der Waals surface area contributed by atoms with Crippen LogP contribution in [0.25, 0.3) is 0 Å². The SMILES string of the molecule is CCC1CCCC(NC(=O)C2CCCCN2)C1. The Labute approximate surface area is 105 Å². The first-order valence-corrected chi connectivity index (χ1v) is 7.33. The maximum Gasteiger partial charge on any atom is 0.237 e. The van der Waals surface area contributed by atoms with Crippen LogP contribution in [0.3, 0.4) is 0 Å². The summed E-state index contributed by atoms with van der Waals surface area (Å²) in [5, 5.41) is 6.57. The Morgan fingerprint density at radius 1 is 1.24 bits per heavy atom. The molecule has 1 amide bonds. The van der Waals surface area contributed by atoms with Crippen LogP contribution in [0.4, 0.5) is 0 Å². The fourth-order valence-electron chi connectivity index (χ4n) is 3.17. The van der Waals surface area contributed by atoms with E-state index in [1.165, 1.54) is 44.9 Å². The van der Waals surface area contributed by atoms with Crippen LogP contribution < -0.4 is 10.6 Å². The van der Waals surface area contributed by atoms with Crippen molar-refractivity contribution in [3.63, 3.8) is 0 Å². The number of carbonyl (C=O) groups is 1. The lowest BCUT2D eigenvalue weighted by atomic mass is 9.84. The highest BCUT2D eigenvalue weighted by Gasteiger charge is 2.26. The minimum Gasteiger partial charge on any atom is -0.352 e. The van der Waals surface area contributed by atoms with Gasteiger partial charge in [-0.3, -0.25) is 4.79 Å². The maximum atomic E-state index is 12.1. The molecule has 1 saturated carbocycles. The number of nitrogens with one attached hydrogen (secondary N) is 2. The van der Waals surface area contributed by atoms with Gasteiger partial charge in [-0.15, -0.1) is 0 Å². The van der Waals surface area contributed by atoms with Crippen molar-refractivity contribution >= 4 is 5.91 Å². The topological polar surface area (TPSA) is 41.1 Å². The van der Waals surface area contributed by atoms with Crippen molar-refractivity contribution in [1.82, 2.24) is 10.6 Å². The second-order valence-corrected chi connectivity index (χ2v) is 5.65. The lowest BCUT2D eigenvalue weighted by molar-refractivity contribution is -0.124. The van der Waals surface area contributed by atoms with E-state index in [4.69, 9.17) is 0 Å². The summed E-state index contributed by atoms with van der Waals surface area (Å²) in [6.45, 7) is 3.26. The zero-order chi connectivity index (χ0) is 12.1. The van der Waals surface area contributed by atoms with Crippen molar-refractivity contribution < 1.29 is 4.79 Å². The average molecular weight is 238 g/mol. The van der Waals surface area contributed by atoms with E-state index in [9.17, 15) is 4.79 Å². The second kappa shape index (κ2) is 6.39. The Balaban J connectivity index is 1.77. The largest absolute Gasteiger partial charge is 0.352 e. The summed E-state index contributed by atoms with van der Waals surface area (Å²) in [5.74, 6) is 1.07. The highest BCUT2D eigenvalue weighted by atomic mass is 16.2. The molecule has 17 heavy (non-hydrogen) atoms. The molecular weight excluding hydrogens is 212 g/mol. The molecule has 0 spiro atoms.